The molecule has 4 nitrogen and oxygen atoms in total. The molecule has 0 aliphatic rings. The van der Waals surface area contributed by atoms with E-state index in [9.17, 15) is 14.0 Å². The molecule has 0 heterocycles. The molecule has 2 rings (SSSR count). The molecule has 0 N–H and O–H groups in total. The summed E-state index contributed by atoms with van der Waals surface area (Å²) in [5.41, 5.74) is 0.613. The second kappa shape index (κ2) is 8.59. The summed E-state index contributed by atoms with van der Waals surface area (Å²) in [5, 5.41) is 0. The predicted molar refractivity (Wildman–Crippen MR) is 90.9 cm³/mol. The van der Waals surface area contributed by atoms with Crippen molar-refractivity contribution >= 4 is 27.7 Å². The first-order valence-electron chi connectivity index (χ1n) is 7.35. The van der Waals surface area contributed by atoms with Gasteiger partial charge < -0.3 is 9.47 Å². The van der Waals surface area contributed by atoms with Crippen LogP contribution in [0.15, 0.2) is 46.9 Å². The number of esters is 1. The number of ketones is 1. The zero-order chi connectivity index (χ0) is 17.5. The van der Waals surface area contributed by atoms with Crippen molar-refractivity contribution in [1.29, 1.82) is 0 Å². The third kappa shape index (κ3) is 5.45. The lowest BCUT2D eigenvalue weighted by Crippen LogP contribution is -2.10. The Labute approximate surface area is 147 Å². The molecule has 126 valence electrons. The number of hydrogen-bond acceptors (Lipinski definition) is 4. The third-order valence-corrected chi connectivity index (χ3v) is 3.67. The summed E-state index contributed by atoms with van der Waals surface area (Å²) in [6.45, 7) is 1.81. The van der Waals surface area contributed by atoms with Gasteiger partial charge in [-0.15, -0.1) is 0 Å². The van der Waals surface area contributed by atoms with E-state index in [0.29, 0.717) is 28.8 Å². The highest BCUT2D eigenvalue weighted by atomic mass is 79.9. The summed E-state index contributed by atoms with van der Waals surface area (Å²) in [7, 11) is 0. The molecule has 0 unspecified atom stereocenters. The number of halogens is 2. The molecule has 0 amide bonds. The molecule has 0 saturated heterocycles. The van der Waals surface area contributed by atoms with Crippen LogP contribution in [-0.4, -0.2) is 18.4 Å². The van der Waals surface area contributed by atoms with Crippen molar-refractivity contribution in [1.82, 2.24) is 0 Å². The smallest absolute Gasteiger partial charge is 0.311 e. The number of carbonyl (C=O) groups is 2. The molecule has 0 bridgehead atoms. The molecule has 2 aromatic rings. The fourth-order valence-corrected chi connectivity index (χ4v) is 2.26. The molecular formula is C18H16BrFO4. The Morgan fingerprint density at radius 1 is 1.12 bits per heavy atom. The average molecular weight is 395 g/mol. The van der Waals surface area contributed by atoms with Crippen molar-refractivity contribution in [2.45, 2.75) is 19.8 Å². The summed E-state index contributed by atoms with van der Waals surface area (Å²) >= 11 is 3.13. The van der Waals surface area contributed by atoms with E-state index >= 15 is 0 Å². The highest BCUT2D eigenvalue weighted by molar-refractivity contribution is 9.10. The molecule has 0 aliphatic heterocycles. The monoisotopic (exact) mass is 394 g/mol. The van der Waals surface area contributed by atoms with Crippen LogP contribution in [0.1, 0.15) is 30.1 Å². The number of rotatable bonds is 7. The minimum Gasteiger partial charge on any atom is -0.494 e. The summed E-state index contributed by atoms with van der Waals surface area (Å²) in [4.78, 5) is 22.9. The van der Waals surface area contributed by atoms with Crippen molar-refractivity contribution in [2.75, 3.05) is 6.61 Å². The van der Waals surface area contributed by atoms with E-state index in [1.807, 2.05) is 0 Å². The van der Waals surface area contributed by atoms with E-state index < -0.39 is 11.8 Å². The van der Waals surface area contributed by atoms with Crippen LogP contribution in [0.3, 0.4) is 0 Å². The Balaban J connectivity index is 1.73. The van der Waals surface area contributed by atoms with Gasteiger partial charge in [0.25, 0.3) is 0 Å². The van der Waals surface area contributed by atoms with E-state index in [1.54, 1.807) is 30.3 Å². The van der Waals surface area contributed by atoms with Gasteiger partial charge in [-0.25, -0.2) is 4.39 Å². The van der Waals surface area contributed by atoms with Crippen LogP contribution in [0.25, 0.3) is 0 Å². The summed E-state index contributed by atoms with van der Waals surface area (Å²) in [5.74, 6) is -0.605. The lowest BCUT2D eigenvalue weighted by molar-refractivity contribution is -0.134. The van der Waals surface area contributed by atoms with E-state index in [0.717, 1.165) is 0 Å². The SMILES string of the molecule is CC(=O)c1ccc(OCCCC(=O)Oc2ccc(Br)cc2F)cc1. The highest BCUT2D eigenvalue weighted by Crippen LogP contribution is 2.22. The van der Waals surface area contributed by atoms with Crippen LogP contribution in [0.5, 0.6) is 11.5 Å². The van der Waals surface area contributed by atoms with Crippen LogP contribution in [0, 0.1) is 5.82 Å². The number of carbonyl (C=O) groups excluding carboxylic acids is 2. The van der Waals surface area contributed by atoms with Gasteiger partial charge in [-0.1, -0.05) is 15.9 Å². The normalized spacial score (nSPS) is 10.3. The second-order valence-electron chi connectivity index (χ2n) is 5.08. The Morgan fingerprint density at radius 3 is 2.46 bits per heavy atom. The Kier molecular flexibility index (Phi) is 6.49. The predicted octanol–water partition coefficient (Wildman–Crippen LogP) is 4.56. The third-order valence-electron chi connectivity index (χ3n) is 3.17. The van der Waals surface area contributed by atoms with Crippen molar-refractivity contribution < 1.29 is 23.5 Å². The molecule has 0 atom stereocenters. The molecule has 0 radical (unpaired) electrons. The number of benzene rings is 2. The first-order valence-corrected chi connectivity index (χ1v) is 8.14. The summed E-state index contributed by atoms with van der Waals surface area (Å²) in [6.07, 6.45) is 0.548. The topological polar surface area (TPSA) is 52.6 Å². The molecule has 0 spiro atoms. The standard InChI is InChI=1S/C18H16BrFO4/c1-12(21)13-4-7-15(8-5-13)23-10-2-3-18(22)24-17-9-6-14(19)11-16(17)20/h4-9,11H,2-3,10H2,1H3. The lowest BCUT2D eigenvalue weighted by atomic mass is 10.1. The molecule has 2 aromatic carbocycles. The maximum absolute atomic E-state index is 13.6. The van der Waals surface area contributed by atoms with Crippen LogP contribution >= 0.6 is 15.9 Å². The van der Waals surface area contributed by atoms with E-state index in [2.05, 4.69) is 15.9 Å². The van der Waals surface area contributed by atoms with Gasteiger partial charge in [0, 0.05) is 16.5 Å². The van der Waals surface area contributed by atoms with Gasteiger partial charge in [-0.3, -0.25) is 9.59 Å². The molecule has 0 aromatic heterocycles. The van der Waals surface area contributed by atoms with Gasteiger partial charge in [0.2, 0.25) is 0 Å². The van der Waals surface area contributed by atoms with Crippen molar-refractivity contribution in [2.24, 2.45) is 0 Å². The van der Waals surface area contributed by atoms with Gasteiger partial charge in [0.15, 0.2) is 17.3 Å². The maximum Gasteiger partial charge on any atom is 0.311 e. The van der Waals surface area contributed by atoms with E-state index in [4.69, 9.17) is 9.47 Å². The van der Waals surface area contributed by atoms with Crippen LogP contribution < -0.4 is 9.47 Å². The van der Waals surface area contributed by atoms with E-state index in [-0.39, 0.29) is 18.0 Å². The summed E-state index contributed by atoms with van der Waals surface area (Å²) in [6, 6.07) is 11.0. The minimum absolute atomic E-state index is 0.00975. The zero-order valence-electron chi connectivity index (χ0n) is 13.1. The summed E-state index contributed by atoms with van der Waals surface area (Å²) < 4.78 is 24.6. The Bertz CT molecular complexity index is 728. The fourth-order valence-electron chi connectivity index (χ4n) is 1.92. The first-order chi connectivity index (χ1) is 11.5. The molecule has 6 heteroatoms. The molecule has 24 heavy (non-hydrogen) atoms. The zero-order valence-corrected chi connectivity index (χ0v) is 14.6. The largest absolute Gasteiger partial charge is 0.494 e. The second-order valence-corrected chi connectivity index (χ2v) is 6.00. The van der Waals surface area contributed by atoms with Gasteiger partial charge in [0.1, 0.15) is 5.75 Å². The average Bonchev–Trinajstić information content (AvgIpc) is 2.55. The molecular weight excluding hydrogens is 379 g/mol. The van der Waals surface area contributed by atoms with Gasteiger partial charge >= 0.3 is 5.97 Å². The molecule has 0 fully saturated rings. The quantitative estimate of drug-likeness (QED) is 0.299. The van der Waals surface area contributed by atoms with Crippen molar-refractivity contribution in [3.8, 4) is 11.5 Å². The van der Waals surface area contributed by atoms with Crippen LogP contribution in [-0.2, 0) is 4.79 Å². The Morgan fingerprint density at radius 2 is 1.83 bits per heavy atom. The molecule has 0 saturated carbocycles. The first kappa shape index (κ1) is 18.1. The lowest BCUT2D eigenvalue weighted by Gasteiger charge is -2.07. The number of ether oxygens (including phenoxy) is 2. The Hall–Kier alpha value is -2.21. The fraction of sp³-hybridized carbons (Fsp3) is 0.222. The number of Topliss-reactive ketones (excluding diaryl/α,β-unsaturated/α-hetero) is 1. The van der Waals surface area contributed by atoms with Crippen LogP contribution in [0.2, 0.25) is 0 Å². The van der Waals surface area contributed by atoms with Gasteiger partial charge in [-0.2, -0.15) is 0 Å². The maximum atomic E-state index is 13.6. The molecule has 0 aliphatic carbocycles. The van der Waals surface area contributed by atoms with Gasteiger partial charge in [-0.05, 0) is 55.8 Å². The van der Waals surface area contributed by atoms with Gasteiger partial charge in [0.05, 0.1) is 6.61 Å². The van der Waals surface area contributed by atoms with Crippen molar-refractivity contribution in [3.63, 3.8) is 0 Å². The van der Waals surface area contributed by atoms with Crippen molar-refractivity contribution in [3.05, 3.63) is 58.3 Å². The highest BCUT2D eigenvalue weighted by Gasteiger charge is 2.10. The minimum atomic E-state index is -0.598. The number of hydrogen-bond donors (Lipinski definition) is 0. The van der Waals surface area contributed by atoms with E-state index in [1.165, 1.54) is 19.1 Å². The van der Waals surface area contributed by atoms with Crippen LogP contribution in [0.4, 0.5) is 4.39 Å².